The minimum absolute atomic E-state index is 0.0184. The molecule has 0 aromatic heterocycles. The highest BCUT2D eigenvalue weighted by Gasteiger charge is 2.59. The average molecular weight is 342 g/mol. The molecule has 0 aromatic rings. The van der Waals surface area contributed by atoms with E-state index in [0.29, 0.717) is 17.8 Å². The molecule has 4 rings (SSSR count). The summed E-state index contributed by atoms with van der Waals surface area (Å²) >= 11 is 0. The minimum atomic E-state index is -0.844. The quantitative estimate of drug-likeness (QED) is 0.829. The summed E-state index contributed by atoms with van der Waals surface area (Å²) in [5, 5.41) is 9.84. The highest BCUT2D eigenvalue weighted by atomic mass is 16.3. The van der Waals surface area contributed by atoms with Gasteiger partial charge in [-0.2, -0.15) is 0 Å². The number of hydrogen-bond donors (Lipinski definition) is 1. The molecule has 3 saturated carbocycles. The first kappa shape index (κ1) is 17.2. The number of carbonyl (C=O) groups is 2. The topological polar surface area (TPSA) is 54.4 Å². The smallest absolute Gasteiger partial charge is 0.178 e. The Labute approximate surface area is 150 Å². The van der Waals surface area contributed by atoms with Crippen molar-refractivity contribution < 1.29 is 14.7 Å². The van der Waals surface area contributed by atoms with Crippen LogP contribution in [0.3, 0.4) is 0 Å². The van der Waals surface area contributed by atoms with Gasteiger partial charge in [0.25, 0.3) is 0 Å². The van der Waals surface area contributed by atoms with E-state index in [1.165, 1.54) is 5.57 Å². The number of Topliss-reactive ketones (excluding diaryl/α,β-unsaturated/α-hetero) is 1. The average Bonchev–Trinajstić information content (AvgIpc) is 2.92. The van der Waals surface area contributed by atoms with Gasteiger partial charge in [-0.25, -0.2) is 0 Å². The summed E-state index contributed by atoms with van der Waals surface area (Å²) in [5.74, 6) is 1.99. The van der Waals surface area contributed by atoms with Crippen molar-refractivity contribution in [1.82, 2.24) is 0 Å². The van der Waals surface area contributed by atoms with Gasteiger partial charge in [-0.05, 0) is 80.8 Å². The molecule has 3 heteroatoms. The zero-order valence-corrected chi connectivity index (χ0v) is 15.6. The van der Waals surface area contributed by atoms with Crippen molar-refractivity contribution in [3.8, 4) is 0 Å². The minimum Gasteiger partial charge on any atom is -0.386 e. The molecule has 1 unspecified atom stereocenters. The summed E-state index contributed by atoms with van der Waals surface area (Å²) < 4.78 is 0. The Morgan fingerprint density at radius 1 is 1.20 bits per heavy atom. The summed E-state index contributed by atoms with van der Waals surface area (Å²) in [5.41, 5.74) is 1.38. The van der Waals surface area contributed by atoms with Crippen LogP contribution < -0.4 is 0 Å². The van der Waals surface area contributed by atoms with Gasteiger partial charge in [0.2, 0.25) is 0 Å². The van der Waals surface area contributed by atoms with Crippen molar-refractivity contribution in [3.05, 3.63) is 23.8 Å². The molecule has 0 heterocycles. The molecule has 4 aliphatic carbocycles. The SMILES string of the molecule is CC(O)C(=O)[C@H]1CC[C@H]2[C@@H]3CCC4=CC(=O)C=C[C@]4(C)[C@H]3CC[C@]12C. The van der Waals surface area contributed by atoms with Gasteiger partial charge in [0.15, 0.2) is 11.6 Å². The third-order valence-corrected chi connectivity index (χ3v) is 8.31. The molecule has 4 aliphatic rings. The van der Waals surface area contributed by atoms with E-state index >= 15 is 0 Å². The molecule has 0 saturated heterocycles. The van der Waals surface area contributed by atoms with Crippen LogP contribution in [0, 0.1) is 34.5 Å². The van der Waals surface area contributed by atoms with Crippen LogP contribution in [0.2, 0.25) is 0 Å². The van der Waals surface area contributed by atoms with Gasteiger partial charge < -0.3 is 5.11 Å². The Morgan fingerprint density at radius 2 is 1.96 bits per heavy atom. The lowest BCUT2D eigenvalue weighted by molar-refractivity contribution is -0.137. The lowest BCUT2D eigenvalue weighted by Gasteiger charge is -2.57. The molecule has 0 amide bonds. The third kappa shape index (κ3) is 2.34. The number of fused-ring (bicyclic) bond motifs is 5. The molecular formula is C22H30O3. The molecule has 3 nitrogen and oxygen atoms in total. The molecule has 0 bridgehead atoms. The molecule has 136 valence electrons. The van der Waals surface area contributed by atoms with Gasteiger partial charge in [0, 0.05) is 11.3 Å². The number of aliphatic hydroxyl groups is 1. The van der Waals surface area contributed by atoms with Crippen molar-refractivity contribution in [2.24, 2.45) is 34.5 Å². The summed E-state index contributed by atoms with van der Waals surface area (Å²) in [7, 11) is 0. The Hall–Kier alpha value is -1.22. The van der Waals surface area contributed by atoms with Gasteiger partial charge in [-0.3, -0.25) is 9.59 Å². The van der Waals surface area contributed by atoms with Crippen LogP contribution in [0.15, 0.2) is 23.8 Å². The second-order valence-corrected chi connectivity index (χ2v) is 9.36. The lowest BCUT2D eigenvalue weighted by Crippen LogP contribution is -2.50. The molecule has 0 spiro atoms. The predicted molar refractivity (Wildman–Crippen MR) is 96.8 cm³/mol. The van der Waals surface area contributed by atoms with Crippen molar-refractivity contribution in [3.63, 3.8) is 0 Å². The maximum absolute atomic E-state index is 12.6. The van der Waals surface area contributed by atoms with Crippen LogP contribution in [0.4, 0.5) is 0 Å². The van der Waals surface area contributed by atoms with Crippen LogP contribution in [0.25, 0.3) is 0 Å². The van der Waals surface area contributed by atoms with Gasteiger partial charge in [0.05, 0.1) is 0 Å². The fourth-order valence-corrected chi connectivity index (χ4v) is 6.96. The molecule has 3 fully saturated rings. The maximum atomic E-state index is 12.6. The number of aliphatic hydroxyl groups excluding tert-OH is 1. The van der Waals surface area contributed by atoms with Crippen molar-refractivity contribution in [2.45, 2.75) is 65.4 Å². The first-order chi connectivity index (χ1) is 11.8. The third-order valence-electron chi connectivity index (χ3n) is 8.31. The van der Waals surface area contributed by atoms with E-state index < -0.39 is 6.10 Å². The van der Waals surface area contributed by atoms with E-state index in [2.05, 4.69) is 19.9 Å². The largest absolute Gasteiger partial charge is 0.386 e. The monoisotopic (exact) mass is 342 g/mol. The van der Waals surface area contributed by atoms with E-state index in [0.717, 1.165) is 38.5 Å². The second kappa shape index (κ2) is 5.64. The van der Waals surface area contributed by atoms with Gasteiger partial charge in [-0.1, -0.05) is 25.5 Å². The second-order valence-electron chi connectivity index (χ2n) is 9.36. The summed E-state index contributed by atoms with van der Waals surface area (Å²) in [6.07, 6.45) is 11.3. The summed E-state index contributed by atoms with van der Waals surface area (Å²) in [6.45, 7) is 6.24. The Balaban J connectivity index is 1.65. The molecule has 0 aromatic carbocycles. The number of carbonyl (C=O) groups excluding carboxylic acids is 2. The van der Waals surface area contributed by atoms with E-state index in [4.69, 9.17) is 0 Å². The van der Waals surface area contributed by atoms with Crippen LogP contribution >= 0.6 is 0 Å². The Kier molecular flexibility index (Phi) is 3.88. The number of rotatable bonds is 2. The van der Waals surface area contributed by atoms with E-state index in [1.807, 2.05) is 6.08 Å². The standard InChI is InChI=1S/C22H30O3/c1-13(23)20(25)19-7-6-17-16-5-4-14-12-15(24)8-10-21(14,2)18(16)9-11-22(17,19)3/h8,10,12-13,16-19,23H,4-7,9,11H2,1-3H3/t13?,16-,17-,18-,19+,21-,22-/m0/s1. The number of hydrogen-bond acceptors (Lipinski definition) is 3. The van der Waals surface area contributed by atoms with Crippen molar-refractivity contribution in [2.75, 3.05) is 0 Å². The van der Waals surface area contributed by atoms with Crippen LogP contribution in [-0.2, 0) is 9.59 Å². The molecule has 25 heavy (non-hydrogen) atoms. The van der Waals surface area contributed by atoms with E-state index in [1.54, 1.807) is 13.0 Å². The van der Waals surface area contributed by atoms with Crippen LogP contribution in [0.5, 0.6) is 0 Å². The zero-order valence-electron chi connectivity index (χ0n) is 15.6. The van der Waals surface area contributed by atoms with Gasteiger partial charge >= 0.3 is 0 Å². The lowest BCUT2D eigenvalue weighted by atomic mass is 9.47. The van der Waals surface area contributed by atoms with Crippen LogP contribution in [0.1, 0.15) is 59.3 Å². The maximum Gasteiger partial charge on any atom is 0.178 e. The van der Waals surface area contributed by atoms with Gasteiger partial charge in [0.1, 0.15) is 6.10 Å². The fraction of sp³-hybridized carbons (Fsp3) is 0.727. The van der Waals surface area contributed by atoms with Crippen LogP contribution in [-0.4, -0.2) is 22.8 Å². The Morgan fingerprint density at radius 3 is 2.68 bits per heavy atom. The van der Waals surface area contributed by atoms with Gasteiger partial charge in [-0.15, -0.1) is 0 Å². The van der Waals surface area contributed by atoms with E-state index in [9.17, 15) is 14.7 Å². The normalized spacial score (nSPS) is 46.7. The first-order valence-corrected chi connectivity index (χ1v) is 9.93. The summed E-state index contributed by atoms with van der Waals surface area (Å²) in [6, 6.07) is 0. The molecule has 0 radical (unpaired) electrons. The Bertz CT molecular complexity index is 673. The van der Waals surface area contributed by atoms with Crippen molar-refractivity contribution in [1.29, 1.82) is 0 Å². The zero-order chi connectivity index (χ0) is 18.0. The fourth-order valence-electron chi connectivity index (χ4n) is 6.96. The highest BCUT2D eigenvalue weighted by molar-refractivity contribution is 6.01. The summed E-state index contributed by atoms with van der Waals surface area (Å²) in [4.78, 5) is 24.4. The predicted octanol–water partition coefficient (Wildman–Crippen LogP) is 3.86. The number of allylic oxidation sites excluding steroid dienone is 4. The van der Waals surface area contributed by atoms with Crippen molar-refractivity contribution >= 4 is 11.6 Å². The molecular weight excluding hydrogens is 312 g/mol. The first-order valence-electron chi connectivity index (χ1n) is 9.93. The van der Waals surface area contributed by atoms with E-state index in [-0.39, 0.29) is 28.3 Å². The highest BCUT2D eigenvalue weighted by Crippen LogP contribution is 2.66. The number of ketones is 2. The molecule has 7 atom stereocenters. The molecule has 1 N–H and O–H groups in total. The molecule has 0 aliphatic heterocycles.